The summed E-state index contributed by atoms with van der Waals surface area (Å²) in [5.41, 5.74) is 4.85. The van der Waals surface area contributed by atoms with E-state index in [1.54, 1.807) is 37.7 Å². The molecule has 0 radical (unpaired) electrons. The second-order valence-corrected chi connectivity index (χ2v) is 8.65. The fourth-order valence-electron chi connectivity index (χ4n) is 3.91. The van der Waals surface area contributed by atoms with Crippen LogP contribution in [0.4, 0.5) is 5.69 Å². The van der Waals surface area contributed by atoms with Crippen LogP contribution in [0.15, 0.2) is 12.1 Å². The second kappa shape index (κ2) is 7.68. The summed E-state index contributed by atoms with van der Waals surface area (Å²) in [6.07, 6.45) is 5.81. The van der Waals surface area contributed by atoms with Gasteiger partial charge in [0.25, 0.3) is 5.91 Å². The summed E-state index contributed by atoms with van der Waals surface area (Å²) in [5.74, 6) is 0.833. The maximum atomic E-state index is 13.2. The Kier molecular flexibility index (Phi) is 5.25. The topological polar surface area (TPSA) is 63.4 Å². The molecule has 2 N–H and O–H groups in total. The van der Waals surface area contributed by atoms with Gasteiger partial charge >= 0.3 is 0 Å². The van der Waals surface area contributed by atoms with Gasteiger partial charge in [0.05, 0.1) is 40.7 Å². The van der Waals surface area contributed by atoms with Crippen LogP contribution in [0.5, 0.6) is 11.5 Å². The van der Waals surface area contributed by atoms with Crippen LogP contribution in [-0.2, 0) is 12.8 Å². The van der Waals surface area contributed by atoms with Gasteiger partial charge in [-0.25, -0.2) is 0 Å². The average molecular weight is 419 g/mol. The van der Waals surface area contributed by atoms with Gasteiger partial charge in [0.2, 0.25) is 0 Å². The van der Waals surface area contributed by atoms with Crippen LogP contribution in [0.25, 0.3) is 10.2 Å². The van der Waals surface area contributed by atoms with Crippen LogP contribution in [0.3, 0.4) is 0 Å². The largest absolute Gasteiger partial charge is 0.495 e. The van der Waals surface area contributed by atoms with Crippen LogP contribution in [0, 0.1) is 6.92 Å². The predicted octanol–water partition coefficient (Wildman–Crippen LogP) is 5.73. The monoisotopic (exact) mass is 418 g/mol. The molecule has 3 aromatic rings. The molecule has 7 heteroatoms. The van der Waals surface area contributed by atoms with Gasteiger partial charge in [0.15, 0.2) is 0 Å². The van der Waals surface area contributed by atoms with Crippen molar-refractivity contribution in [3.05, 3.63) is 38.9 Å². The van der Waals surface area contributed by atoms with Gasteiger partial charge in [-0.15, -0.1) is 11.3 Å². The van der Waals surface area contributed by atoms with E-state index in [0.717, 1.165) is 23.2 Å². The minimum Gasteiger partial charge on any atom is -0.495 e. The van der Waals surface area contributed by atoms with E-state index in [1.165, 1.54) is 35.2 Å². The normalized spacial score (nSPS) is 13.9. The van der Waals surface area contributed by atoms with Gasteiger partial charge < -0.3 is 19.8 Å². The number of aromatic nitrogens is 1. The number of rotatable bonds is 4. The molecule has 0 saturated heterocycles. The minimum absolute atomic E-state index is 0.167. The lowest BCUT2D eigenvalue weighted by atomic mass is 10.1. The average Bonchev–Trinajstić information content (AvgIpc) is 3.05. The number of anilines is 1. The Morgan fingerprint density at radius 1 is 1.14 bits per heavy atom. The summed E-state index contributed by atoms with van der Waals surface area (Å²) >= 11 is 7.94. The number of thiophene rings is 1. The number of H-pyrrole nitrogens is 1. The fraction of sp³-hybridized carbons (Fsp3) is 0.381. The van der Waals surface area contributed by atoms with E-state index in [9.17, 15) is 4.79 Å². The number of aromatic amines is 1. The quantitative estimate of drug-likeness (QED) is 0.532. The van der Waals surface area contributed by atoms with Crippen LogP contribution in [-0.4, -0.2) is 25.1 Å². The Morgan fingerprint density at radius 2 is 1.89 bits per heavy atom. The van der Waals surface area contributed by atoms with Crippen molar-refractivity contribution >= 4 is 44.7 Å². The van der Waals surface area contributed by atoms with E-state index in [2.05, 4.69) is 10.3 Å². The summed E-state index contributed by atoms with van der Waals surface area (Å²) in [6.45, 7) is 1.99. The van der Waals surface area contributed by atoms with Gasteiger partial charge in [-0.3, -0.25) is 4.79 Å². The highest BCUT2D eigenvalue weighted by Gasteiger charge is 2.24. The number of benzene rings is 1. The Hall–Kier alpha value is -2.18. The number of carbonyl (C=O) groups excluding carboxylic acids is 1. The molecule has 2 aromatic heterocycles. The standard InChI is InChI=1S/C21H23ClN2O3S/c1-11-18(19-20(28-11)12-7-5-4-6-8-14(12)23-19)21(25)24-15-9-13(22)16(26-2)10-17(15)27-3/h9-10,23H,4-8H2,1-3H3,(H,24,25). The summed E-state index contributed by atoms with van der Waals surface area (Å²) in [6, 6.07) is 3.32. The third-order valence-electron chi connectivity index (χ3n) is 5.30. The highest BCUT2D eigenvalue weighted by molar-refractivity contribution is 7.19. The lowest BCUT2D eigenvalue weighted by Crippen LogP contribution is -2.13. The van der Waals surface area contributed by atoms with Gasteiger partial charge in [0.1, 0.15) is 11.5 Å². The first-order valence-electron chi connectivity index (χ1n) is 9.39. The number of ether oxygens (including phenoxy) is 2. The maximum Gasteiger partial charge on any atom is 0.259 e. The molecule has 0 fully saturated rings. The van der Waals surface area contributed by atoms with Gasteiger partial charge in [-0.05, 0) is 44.2 Å². The Labute approximate surface area is 173 Å². The van der Waals surface area contributed by atoms with Crippen molar-refractivity contribution in [3.63, 3.8) is 0 Å². The Morgan fingerprint density at radius 3 is 2.64 bits per heavy atom. The van der Waals surface area contributed by atoms with Crippen molar-refractivity contribution in [1.29, 1.82) is 0 Å². The molecule has 1 amide bonds. The van der Waals surface area contributed by atoms with Crippen LogP contribution in [0.2, 0.25) is 5.02 Å². The lowest BCUT2D eigenvalue weighted by molar-refractivity contribution is 0.102. The molecule has 2 heterocycles. The van der Waals surface area contributed by atoms with E-state index in [1.807, 2.05) is 6.92 Å². The first kappa shape index (κ1) is 19.2. The summed E-state index contributed by atoms with van der Waals surface area (Å²) in [5, 5.41) is 3.38. The molecule has 0 unspecified atom stereocenters. The van der Waals surface area contributed by atoms with E-state index >= 15 is 0 Å². The minimum atomic E-state index is -0.167. The van der Waals surface area contributed by atoms with E-state index in [4.69, 9.17) is 21.1 Å². The molecule has 5 nitrogen and oxygen atoms in total. The smallest absolute Gasteiger partial charge is 0.259 e. The summed E-state index contributed by atoms with van der Waals surface area (Å²) < 4.78 is 11.8. The molecule has 1 aliphatic carbocycles. The SMILES string of the molecule is COc1cc(OC)c(NC(=O)c2c(C)sc3c4c([nH]c23)CCCCC4)cc1Cl. The van der Waals surface area contributed by atoms with Crippen LogP contribution < -0.4 is 14.8 Å². The number of methoxy groups -OCH3 is 2. The zero-order chi connectivity index (χ0) is 19.8. The molecule has 0 aliphatic heterocycles. The Balaban J connectivity index is 1.72. The van der Waals surface area contributed by atoms with Crippen LogP contribution in [0.1, 0.15) is 45.8 Å². The van der Waals surface area contributed by atoms with Crippen molar-refractivity contribution in [2.45, 2.75) is 39.0 Å². The van der Waals surface area contributed by atoms with Crippen LogP contribution >= 0.6 is 22.9 Å². The summed E-state index contributed by atoms with van der Waals surface area (Å²) in [7, 11) is 3.09. The number of hydrogen-bond acceptors (Lipinski definition) is 4. The Bertz CT molecular complexity index is 1050. The molecule has 1 aromatic carbocycles. The van der Waals surface area contributed by atoms with E-state index < -0.39 is 0 Å². The number of aryl methyl sites for hydroxylation is 3. The fourth-order valence-corrected chi connectivity index (χ4v) is 5.36. The predicted molar refractivity (Wildman–Crippen MR) is 115 cm³/mol. The maximum absolute atomic E-state index is 13.2. The van der Waals surface area contributed by atoms with Crippen molar-refractivity contribution in [1.82, 2.24) is 4.98 Å². The molecular weight excluding hydrogens is 396 g/mol. The number of halogens is 1. The van der Waals surface area contributed by atoms with Crippen molar-refractivity contribution in [3.8, 4) is 11.5 Å². The number of fused-ring (bicyclic) bond motifs is 3. The molecule has 4 rings (SSSR count). The van der Waals surface area contributed by atoms with Gasteiger partial charge in [0, 0.05) is 16.6 Å². The van der Waals surface area contributed by atoms with Crippen molar-refractivity contribution in [2.75, 3.05) is 19.5 Å². The second-order valence-electron chi connectivity index (χ2n) is 7.02. The highest BCUT2D eigenvalue weighted by atomic mass is 35.5. The molecule has 0 saturated carbocycles. The zero-order valence-corrected chi connectivity index (χ0v) is 17.8. The number of nitrogens with one attached hydrogen (secondary N) is 2. The highest BCUT2D eigenvalue weighted by Crippen LogP contribution is 2.39. The first-order chi connectivity index (χ1) is 13.5. The third kappa shape index (κ3) is 3.25. The molecule has 0 spiro atoms. The molecule has 148 valence electrons. The molecule has 0 atom stereocenters. The molecule has 28 heavy (non-hydrogen) atoms. The molecule has 1 aliphatic rings. The lowest BCUT2D eigenvalue weighted by Gasteiger charge is -2.13. The zero-order valence-electron chi connectivity index (χ0n) is 16.2. The molecule has 0 bridgehead atoms. The van der Waals surface area contributed by atoms with Crippen molar-refractivity contribution in [2.24, 2.45) is 0 Å². The van der Waals surface area contributed by atoms with E-state index in [0.29, 0.717) is 27.8 Å². The molecular formula is C21H23ClN2O3S. The first-order valence-corrected chi connectivity index (χ1v) is 10.6. The number of amides is 1. The van der Waals surface area contributed by atoms with Gasteiger partial charge in [-0.1, -0.05) is 18.0 Å². The third-order valence-corrected chi connectivity index (χ3v) is 6.76. The van der Waals surface area contributed by atoms with E-state index in [-0.39, 0.29) is 5.91 Å². The number of carbonyl (C=O) groups is 1. The number of hydrogen-bond donors (Lipinski definition) is 2. The summed E-state index contributed by atoms with van der Waals surface area (Å²) in [4.78, 5) is 17.7. The van der Waals surface area contributed by atoms with Gasteiger partial charge in [-0.2, -0.15) is 0 Å². The van der Waals surface area contributed by atoms with Crippen molar-refractivity contribution < 1.29 is 14.3 Å².